The number of carbonyl (C=O) groups is 1. The van der Waals surface area contributed by atoms with E-state index in [1.165, 1.54) is 0 Å². The third-order valence-corrected chi connectivity index (χ3v) is 2.85. The van der Waals surface area contributed by atoms with Crippen LogP contribution in [0.3, 0.4) is 0 Å². The molecule has 4 heteroatoms. The maximum atomic E-state index is 11.9. The number of para-hydroxylation sites is 1. The lowest BCUT2D eigenvalue weighted by Gasteiger charge is -2.09. The fourth-order valence-corrected chi connectivity index (χ4v) is 1.74. The number of anilines is 1. The van der Waals surface area contributed by atoms with Crippen LogP contribution in [0.25, 0.3) is 0 Å². The van der Waals surface area contributed by atoms with E-state index in [-0.39, 0.29) is 18.1 Å². The van der Waals surface area contributed by atoms with Crippen molar-refractivity contribution in [1.29, 1.82) is 0 Å². The van der Waals surface area contributed by atoms with Gasteiger partial charge in [0.1, 0.15) is 5.75 Å². The number of carbonyl (C=O) groups excluding carboxylic acids is 1. The van der Waals surface area contributed by atoms with Crippen molar-refractivity contribution in [3.05, 3.63) is 53.3 Å². The Labute approximate surface area is 112 Å². The Kier molecular flexibility index (Phi) is 3.80. The zero-order valence-corrected chi connectivity index (χ0v) is 11.0. The van der Waals surface area contributed by atoms with Crippen LogP contribution >= 0.6 is 0 Å². The Morgan fingerprint density at radius 2 is 2.05 bits per heavy atom. The van der Waals surface area contributed by atoms with Gasteiger partial charge in [-0.2, -0.15) is 0 Å². The standard InChI is InChI=1S/C15H16N2O2/c1-10-4-3-5-13(15(10)19)17-14(18)8-12-7-6-11(2)16-9-12/h3-7,9,19H,8H2,1-2H3,(H,17,18). The molecule has 1 heterocycles. The number of phenolic OH excluding ortho intramolecular Hbond substituents is 1. The maximum absolute atomic E-state index is 11.9. The molecule has 0 saturated heterocycles. The molecule has 1 amide bonds. The number of phenols is 1. The van der Waals surface area contributed by atoms with Crippen LogP contribution in [0.15, 0.2) is 36.5 Å². The van der Waals surface area contributed by atoms with Crippen LogP contribution in [-0.4, -0.2) is 16.0 Å². The van der Waals surface area contributed by atoms with E-state index in [4.69, 9.17) is 0 Å². The molecular weight excluding hydrogens is 240 g/mol. The van der Waals surface area contributed by atoms with Crippen molar-refractivity contribution in [2.24, 2.45) is 0 Å². The number of aromatic nitrogens is 1. The van der Waals surface area contributed by atoms with Gasteiger partial charge < -0.3 is 10.4 Å². The Balaban J connectivity index is 2.05. The van der Waals surface area contributed by atoms with Crippen molar-refractivity contribution < 1.29 is 9.90 Å². The molecule has 0 saturated carbocycles. The lowest BCUT2D eigenvalue weighted by atomic mass is 10.1. The summed E-state index contributed by atoms with van der Waals surface area (Å²) < 4.78 is 0. The van der Waals surface area contributed by atoms with Gasteiger partial charge in [-0.05, 0) is 37.1 Å². The van der Waals surface area contributed by atoms with Crippen molar-refractivity contribution in [3.8, 4) is 5.75 Å². The van der Waals surface area contributed by atoms with Gasteiger partial charge in [0.2, 0.25) is 5.91 Å². The van der Waals surface area contributed by atoms with Crippen LogP contribution in [0.5, 0.6) is 5.75 Å². The molecule has 2 aromatic rings. The Morgan fingerprint density at radius 1 is 1.26 bits per heavy atom. The van der Waals surface area contributed by atoms with Crippen molar-refractivity contribution >= 4 is 11.6 Å². The Hall–Kier alpha value is -2.36. The number of aromatic hydroxyl groups is 1. The average Bonchev–Trinajstić information content (AvgIpc) is 2.38. The molecule has 0 aliphatic heterocycles. The van der Waals surface area contributed by atoms with E-state index in [0.29, 0.717) is 5.69 Å². The van der Waals surface area contributed by atoms with Crippen molar-refractivity contribution in [2.75, 3.05) is 5.32 Å². The first-order chi connectivity index (χ1) is 9.06. The number of amides is 1. The summed E-state index contributed by atoms with van der Waals surface area (Å²) in [7, 11) is 0. The summed E-state index contributed by atoms with van der Waals surface area (Å²) in [5.41, 5.74) is 2.93. The summed E-state index contributed by atoms with van der Waals surface area (Å²) in [5.74, 6) is -0.0653. The molecule has 0 aliphatic carbocycles. The van der Waals surface area contributed by atoms with Crippen molar-refractivity contribution in [2.45, 2.75) is 20.3 Å². The van der Waals surface area contributed by atoms with Crippen LogP contribution in [0, 0.1) is 13.8 Å². The first-order valence-electron chi connectivity index (χ1n) is 6.06. The molecule has 4 nitrogen and oxygen atoms in total. The molecule has 0 atom stereocenters. The minimum Gasteiger partial charge on any atom is -0.505 e. The molecule has 0 unspecified atom stereocenters. The van der Waals surface area contributed by atoms with Crippen LogP contribution in [0.1, 0.15) is 16.8 Å². The number of hydrogen-bond acceptors (Lipinski definition) is 3. The van der Waals surface area contributed by atoms with E-state index in [1.807, 2.05) is 19.1 Å². The molecule has 0 spiro atoms. The molecule has 19 heavy (non-hydrogen) atoms. The van der Waals surface area contributed by atoms with E-state index >= 15 is 0 Å². The summed E-state index contributed by atoms with van der Waals surface area (Å²) in [6.07, 6.45) is 1.92. The fourth-order valence-electron chi connectivity index (χ4n) is 1.74. The average molecular weight is 256 g/mol. The van der Waals surface area contributed by atoms with Gasteiger partial charge >= 0.3 is 0 Å². The number of pyridine rings is 1. The van der Waals surface area contributed by atoms with E-state index in [9.17, 15) is 9.90 Å². The van der Waals surface area contributed by atoms with Gasteiger partial charge in [0.05, 0.1) is 12.1 Å². The molecule has 98 valence electrons. The second-order valence-electron chi connectivity index (χ2n) is 4.50. The minimum absolute atomic E-state index is 0.109. The Bertz CT molecular complexity index is 592. The highest BCUT2D eigenvalue weighted by Gasteiger charge is 2.08. The summed E-state index contributed by atoms with van der Waals surface area (Å²) in [6, 6.07) is 8.99. The highest BCUT2D eigenvalue weighted by Crippen LogP contribution is 2.26. The highest BCUT2D eigenvalue weighted by atomic mass is 16.3. The molecule has 2 rings (SSSR count). The molecule has 0 aliphatic rings. The number of nitrogens with one attached hydrogen (secondary N) is 1. The molecule has 0 fully saturated rings. The Morgan fingerprint density at radius 3 is 2.74 bits per heavy atom. The molecular formula is C15H16N2O2. The summed E-state index contributed by atoms with van der Waals surface area (Å²) in [4.78, 5) is 16.0. The van der Waals surface area contributed by atoms with E-state index in [2.05, 4.69) is 10.3 Å². The van der Waals surface area contributed by atoms with Crippen molar-refractivity contribution in [1.82, 2.24) is 4.98 Å². The van der Waals surface area contributed by atoms with Gasteiger partial charge in [-0.3, -0.25) is 9.78 Å². The quantitative estimate of drug-likeness (QED) is 0.830. The fraction of sp³-hybridized carbons (Fsp3) is 0.200. The molecule has 0 bridgehead atoms. The van der Waals surface area contributed by atoms with Crippen LogP contribution < -0.4 is 5.32 Å². The predicted molar refractivity (Wildman–Crippen MR) is 74.2 cm³/mol. The zero-order chi connectivity index (χ0) is 13.8. The van der Waals surface area contributed by atoms with Crippen LogP contribution in [0.4, 0.5) is 5.69 Å². The zero-order valence-electron chi connectivity index (χ0n) is 11.0. The lowest BCUT2D eigenvalue weighted by Crippen LogP contribution is -2.14. The smallest absolute Gasteiger partial charge is 0.228 e. The summed E-state index contributed by atoms with van der Waals surface area (Å²) in [6.45, 7) is 3.68. The molecule has 0 radical (unpaired) electrons. The third kappa shape index (κ3) is 3.31. The van der Waals surface area contributed by atoms with E-state index in [1.54, 1.807) is 31.3 Å². The van der Waals surface area contributed by atoms with Gasteiger partial charge in [-0.25, -0.2) is 0 Å². The van der Waals surface area contributed by atoms with Gasteiger partial charge in [-0.15, -0.1) is 0 Å². The number of benzene rings is 1. The number of hydrogen-bond donors (Lipinski definition) is 2. The SMILES string of the molecule is Cc1ccc(CC(=O)Nc2cccc(C)c2O)cn1. The first kappa shape index (κ1) is 13.1. The monoisotopic (exact) mass is 256 g/mol. The van der Waals surface area contributed by atoms with Crippen LogP contribution in [0.2, 0.25) is 0 Å². The lowest BCUT2D eigenvalue weighted by molar-refractivity contribution is -0.115. The molecule has 2 N–H and O–H groups in total. The van der Waals surface area contributed by atoms with Gasteiger partial charge in [0, 0.05) is 11.9 Å². The molecule has 1 aromatic heterocycles. The normalized spacial score (nSPS) is 10.2. The number of aryl methyl sites for hydroxylation is 2. The van der Waals surface area contributed by atoms with E-state index in [0.717, 1.165) is 16.8 Å². The number of rotatable bonds is 3. The second kappa shape index (κ2) is 5.52. The van der Waals surface area contributed by atoms with Gasteiger partial charge in [-0.1, -0.05) is 18.2 Å². The highest BCUT2D eigenvalue weighted by molar-refractivity contribution is 5.93. The van der Waals surface area contributed by atoms with Crippen molar-refractivity contribution in [3.63, 3.8) is 0 Å². The maximum Gasteiger partial charge on any atom is 0.228 e. The van der Waals surface area contributed by atoms with Crippen LogP contribution in [-0.2, 0) is 11.2 Å². The topological polar surface area (TPSA) is 62.2 Å². The second-order valence-corrected chi connectivity index (χ2v) is 4.50. The predicted octanol–water partition coefficient (Wildman–Crippen LogP) is 2.59. The third-order valence-electron chi connectivity index (χ3n) is 2.85. The minimum atomic E-state index is -0.174. The molecule has 1 aromatic carbocycles. The number of nitrogens with zero attached hydrogens (tertiary/aromatic N) is 1. The summed E-state index contributed by atoms with van der Waals surface area (Å²) >= 11 is 0. The largest absolute Gasteiger partial charge is 0.505 e. The van der Waals surface area contributed by atoms with Gasteiger partial charge in [0.15, 0.2) is 0 Å². The summed E-state index contributed by atoms with van der Waals surface area (Å²) in [5, 5.41) is 12.5. The first-order valence-corrected chi connectivity index (χ1v) is 6.06. The van der Waals surface area contributed by atoms with Gasteiger partial charge in [0.25, 0.3) is 0 Å². The van der Waals surface area contributed by atoms with E-state index < -0.39 is 0 Å².